The van der Waals surface area contributed by atoms with E-state index >= 15 is 0 Å². The summed E-state index contributed by atoms with van der Waals surface area (Å²) in [6, 6.07) is 2.56. The summed E-state index contributed by atoms with van der Waals surface area (Å²) in [5.74, 6) is -2.78. The number of halogens is 3. The molecule has 0 aromatic heterocycles. The fourth-order valence-corrected chi connectivity index (χ4v) is 3.93. The monoisotopic (exact) mass is 347 g/mol. The van der Waals surface area contributed by atoms with Gasteiger partial charge in [-0.05, 0) is 44.4 Å². The van der Waals surface area contributed by atoms with E-state index in [4.69, 9.17) is 8.85 Å². The summed E-state index contributed by atoms with van der Waals surface area (Å²) in [4.78, 5) is 0. The summed E-state index contributed by atoms with van der Waals surface area (Å²) < 4.78 is 50.5. The van der Waals surface area contributed by atoms with Crippen molar-refractivity contribution in [2.24, 2.45) is 0 Å². The van der Waals surface area contributed by atoms with Gasteiger partial charge in [0.25, 0.3) is 0 Å². The highest BCUT2D eigenvalue weighted by Gasteiger charge is 2.13. The van der Waals surface area contributed by atoms with E-state index in [2.05, 4.69) is 0 Å². The van der Waals surface area contributed by atoms with Crippen molar-refractivity contribution in [1.29, 1.82) is 0 Å². The van der Waals surface area contributed by atoms with Gasteiger partial charge in [0, 0.05) is 19.3 Å². The zero-order valence-electron chi connectivity index (χ0n) is 14.0. The van der Waals surface area contributed by atoms with Gasteiger partial charge in [-0.3, -0.25) is 0 Å². The molecule has 0 fully saturated rings. The maximum absolute atomic E-state index is 13.5. The third-order valence-corrected chi connectivity index (χ3v) is 5.51. The van der Waals surface area contributed by atoms with Crippen LogP contribution in [0.2, 0.25) is 6.04 Å². The Hall–Kier alpha value is -0.853. The van der Waals surface area contributed by atoms with Gasteiger partial charge in [-0.2, -0.15) is 0 Å². The summed E-state index contributed by atoms with van der Waals surface area (Å²) in [5, 5.41) is 0. The lowest BCUT2D eigenvalue weighted by Gasteiger charge is -2.12. The summed E-state index contributed by atoms with van der Waals surface area (Å²) in [6.07, 6.45) is 5.34. The number of rotatable bonds is 12. The molecular weight excluding hydrogens is 321 g/mol. The second-order valence-corrected chi connectivity index (χ2v) is 7.18. The molecule has 0 aliphatic heterocycles. The second kappa shape index (κ2) is 11.6. The molecule has 0 saturated carbocycles. The van der Waals surface area contributed by atoms with Crippen LogP contribution in [0, 0.1) is 17.5 Å². The minimum absolute atomic E-state index is 0.252. The van der Waals surface area contributed by atoms with Gasteiger partial charge in [-0.15, -0.1) is 0 Å². The van der Waals surface area contributed by atoms with Crippen LogP contribution in [0.1, 0.15) is 51.5 Å². The second-order valence-electron chi connectivity index (χ2n) is 5.36. The molecule has 0 spiro atoms. The minimum atomic E-state index is -1.13. The summed E-state index contributed by atoms with van der Waals surface area (Å²) in [6.45, 7) is 5.32. The first-order valence-corrected chi connectivity index (χ1v) is 9.85. The lowest BCUT2D eigenvalue weighted by Crippen LogP contribution is -2.22. The van der Waals surface area contributed by atoms with Crippen molar-refractivity contribution >= 4 is 9.28 Å². The molecule has 0 unspecified atom stereocenters. The Balaban J connectivity index is 2.15. The first-order chi connectivity index (χ1) is 11.1. The van der Waals surface area contributed by atoms with E-state index in [1.54, 1.807) is 0 Å². The molecule has 1 radical (unpaired) electrons. The van der Waals surface area contributed by atoms with Crippen LogP contribution in [0.25, 0.3) is 0 Å². The maximum atomic E-state index is 13.5. The van der Waals surface area contributed by atoms with Crippen molar-refractivity contribution in [2.45, 2.75) is 58.4 Å². The first-order valence-electron chi connectivity index (χ1n) is 8.33. The zero-order chi connectivity index (χ0) is 17.1. The normalized spacial score (nSPS) is 11.4. The molecule has 0 bridgehead atoms. The molecule has 0 heterocycles. The smallest absolute Gasteiger partial charge is 0.384 e. The third kappa shape index (κ3) is 7.99. The zero-order valence-corrected chi connectivity index (χ0v) is 15.0. The Morgan fingerprint density at radius 1 is 0.783 bits per heavy atom. The van der Waals surface area contributed by atoms with Gasteiger partial charge in [0.1, 0.15) is 5.82 Å². The van der Waals surface area contributed by atoms with Crippen LogP contribution in [0.3, 0.4) is 0 Å². The van der Waals surface area contributed by atoms with Gasteiger partial charge in [0.2, 0.25) is 0 Å². The van der Waals surface area contributed by atoms with Gasteiger partial charge >= 0.3 is 9.28 Å². The maximum Gasteiger partial charge on any atom is 0.384 e. The number of aryl methyl sites for hydroxylation is 1. The Labute approximate surface area is 138 Å². The molecule has 1 aromatic carbocycles. The summed E-state index contributed by atoms with van der Waals surface area (Å²) in [5.41, 5.74) is 0.252. The first kappa shape index (κ1) is 20.2. The van der Waals surface area contributed by atoms with Crippen molar-refractivity contribution in [3.8, 4) is 0 Å². The van der Waals surface area contributed by atoms with Crippen LogP contribution in [-0.4, -0.2) is 22.5 Å². The van der Waals surface area contributed by atoms with Crippen molar-refractivity contribution in [2.75, 3.05) is 13.2 Å². The predicted octanol–water partition coefficient (Wildman–Crippen LogP) is 5.16. The summed E-state index contributed by atoms with van der Waals surface area (Å²) >= 11 is 0. The summed E-state index contributed by atoms with van der Waals surface area (Å²) in [7, 11) is -1.12. The fourth-order valence-electron chi connectivity index (χ4n) is 2.38. The average molecular weight is 347 g/mol. The molecule has 0 atom stereocenters. The number of hydrogen-bond donors (Lipinski definition) is 0. The molecule has 1 aromatic rings. The number of unbranched alkanes of at least 4 members (excludes halogenated alkanes) is 4. The van der Waals surface area contributed by atoms with Crippen LogP contribution in [0.5, 0.6) is 0 Å². The van der Waals surface area contributed by atoms with E-state index < -0.39 is 26.7 Å². The van der Waals surface area contributed by atoms with Gasteiger partial charge < -0.3 is 8.85 Å². The van der Waals surface area contributed by atoms with Gasteiger partial charge in [-0.1, -0.05) is 25.7 Å². The Kier molecular flexibility index (Phi) is 10.2. The third-order valence-electron chi connectivity index (χ3n) is 3.53. The molecule has 131 valence electrons. The lowest BCUT2D eigenvalue weighted by molar-refractivity contribution is 0.212. The minimum Gasteiger partial charge on any atom is -0.394 e. The Morgan fingerprint density at radius 2 is 1.35 bits per heavy atom. The molecule has 0 saturated heterocycles. The van der Waals surface area contributed by atoms with Crippen LogP contribution in [0.4, 0.5) is 13.2 Å². The van der Waals surface area contributed by atoms with Crippen LogP contribution in [-0.2, 0) is 15.3 Å². The van der Waals surface area contributed by atoms with Gasteiger partial charge in [0.15, 0.2) is 11.6 Å². The molecule has 0 amide bonds. The highest BCUT2D eigenvalue weighted by molar-refractivity contribution is 6.44. The molecule has 23 heavy (non-hydrogen) atoms. The highest BCUT2D eigenvalue weighted by Crippen LogP contribution is 2.17. The standard InChI is InChI=1S/C17H26F3O2Si/c1-3-21-23(22-4-2)11-9-7-5-6-8-10-14-12-16(19)17(20)13-15(14)18/h12-13H,3-11H2,1-2H3. The van der Waals surface area contributed by atoms with Crippen LogP contribution in [0.15, 0.2) is 12.1 Å². The average Bonchev–Trinajstić information content (AvgIpc) is 2.51. The van der Waals surface area contributed by atoms with E-state index in [9.17, 15) is 13.2 Å². The fraction of sp³-hybridized carbons (Fsp3) is 0.647. The Morgan fingerprint density at radius 3 is 2.00 bits per heavy atom. The van der Waals surface area contributed by atoms with Crippen LogP contribution >= 0.6 is 0 Å². The van der Waals surface area contributed by atoms with E-state index in [0.717, 1.165) is 44.2 Å². The van der Waals surface area contributed by atoms with E-state index in [1.165, 1.54) is 0 Å². The number of hydrogen-bond acceptors (Lipinski definition) is 2. The van der Waals surface area contributed by atoms with E-state index in [0.29, 0.717) is 25.7 Å². The van der Waals surface area contributed by atoms with Crippen LogP contribution < -0.4 is 0 Å². The van der Waals surface area contributed by atoms with E-state index in [1.807, 2.05) is 13.8 Å². The largest absolute Gasteiger partial charge is 0.394 e. The van der Waals surface area contributed by atoms with E-state index in [-0.39, 0.29) is 5.56 Å². The van der Waals surface area contributed by atoms with Gasteiger partial charge in [-0.25, -0.2) is 13.2 Å². The highest BCUT2D eigenvalue weighted by atomic mass is 28.3. The van der Waals surface area contributed by atoms with Crippen molar-refractivity contribution in [1.82, 2.24) is 0 Å². The van der Waals surface area contributed by atoms with Gasteiger partial charge in [0.05, 0.1) is 0 Å². The topological polar surface area (TPSA) is 18.5 Å². The molecule has 0 aliphatic rings. The molecular formula is C17H26F3O2Si. The molecule has 1 rings (SSSR count). The predicted molar refractivity (Wildman–Crippen MR) is 86.9 cm³/mol. The van der Waals surface area contributed by atoms with Crippen molar-refractivity contribution in [3.05, 3.63) is 35.1 Å². The quantitative estimate of drug-likeness (QED) is 0.295. The Bertz CT molecular complexity index is 452. The lowest BCUT2D eigenvalue weighted by atomic mass is 10.0. The molecule has 0 aliphatic carbocycles. The molecule has 0 N–H and O–H groups in total. The molecule has 6 heteroatoms. The van der Waals surface area contributed by atoms with Crippen molar-refractivity contribution in [3.63, 3.8) is 0 Å². The molecule has 2 nitrogen and oxygen atoms in total. The van der Waals surface area contributed by atoms with Crippen molar-refractivity contribution < 1.29 is 22.0 Å². The SMILES string of the molecule is CCO[Si](CCCCCCCc1cc(F)c(F)cc1F)OCC. The number of benzene rings is 1.